The zero-order valence-corrected chi connectivity index (χ0v) is 54.7. The van der Waals surface area contributed by atoms with E-state index in [1.807, 2.05) is 0 Å². The van der Waals surface area contributed by atoms with Crippen molar-refractivity contribution in [1.82, 2.24) is 18.3 Å². The minimum atomic E-state index is 1.17. The van der Waals surface area contributed by atoms with Crippen molar-refractivity contribution in [3.05, 3.63) is 388 Å². The second kappa shape index (κ2) is 24.4. The highest BCUT2D eigenvalue weighted by molar-refractivity contribution is 6.14. The molecule has 0 atom stereocenters. The Bertz CT molecular complexity index is 6490. The molecule has 4 heterocycles. The average molecular weight is 1270 g/mol. The summed E-state index contributed by atoms with van der Waals surface area (Å²) in [5.74, 6) is 0. The molecule has 20 rings (SSSR count). The highest BCUT2D eigenvalue weighted by atomic mass is 15.0. The number of para-hydroxylation sites is 8. The predicted octanol–water partition coefficient (Wildman–Crippen LogP) is 25.8. The van der Waals surface area contributed by atoms with Crippen molar-refractivity contribution in [1.29, 1.82) is 0 Å². The average Bonchev–Trinajstić information content (AvgIpc) is 1.52. The molecule has 0 N–H and O–H groups in total. The molecule has 0 aliphatic rings. The van der Waals surface area contributed by atoms with Gasteiger partial charge in [-0.25, -0.2) is 0 Å². The summed E-state index contributed by atoms with van der Waals surface area (Å²) in [5, 5.41) is 10.1. The lowest BCUT2D eigenvalue weighted by Gasteiger charge is -2.13. The van der Waals surface area contributed by atoms with Crippen molar-refractivity contribution in [3.8, 4) is 89.5 Å². The van der Waals surface area contributed by atoms with Gasteiger partial charge < -0.3 is 18.3 Å². The van der Waals surface area contributed by atoms with Crippen molar-refractivity contribution in [3.63, 3.8) is 0 Å². The van der Waals surface area contributed by atoms with Gasteiger partial charge in [-0.15, -0.1) is 0 Å². The summed E-state index contributed by atoms with van der Waals surface area (Å²) in [6.07, 6.45) is 0. The first-order chi connectivity index (χ1) is 49.6. The van der Waals surface area contributed by atoms with E-state index in [2.05, 4.69) is 407 Å². The zero-order valence-electron chi connectivity index (χ0n) is 54.7. The molecular formula is C96H64N4. The van der Waals surface area contributed by atoms with Gasteiger partial charge in [-0.3, -0.25) is 0 Å². The van der Waals surface area contributed by atoms with E-state index < -0.39 is 0 Å². The molecular weight excluding hydrogens is 1210 g/mol. The van der Waals surface area contributed by atoms with E-state index in [1.54, 1.807) is 0 Å². The smallest absolute Gasteiger partial charge is 0.0541 e. The quantitative estimate of drug-likeness (QED) is 0.130. The molecule has 0 unspecified atom stereocenters. The Kier molecular flexibility index (Phi) is 14.2. The summed E-state index contributed by atoms with van der Waals surface area (Å²) in [4.78, 5) is 0. The van der Waals surface area contributed by atoms with Crippen LogP contribution in [0.1, 0.15) is 0 Å². The lowest BCUT2D eigenvalue weighted by Crippen LogP contribution is -1.93. The maximum Gasteiger partial charge on any atom is 0.0541 e. The van der Waals surface area contributed by atoms with E-state index in [-0.39, 0.29) is 0 Å². The summed E-state index contributed by atoms with van der Waals surface area (Å²) >= 11 is 0. The Morgan fingerprint density at radius 2 is 0.340 bits per heavy atom. The lowest BCUT2D eigenvalue weighted by molar-refractivity contribution is 1.18. The number of aromatic nitrogens is 4. The number of rotatable bonds is 10. The number of hydrogen-bond acceptors (Lipinski definition) is 0. The van der Waals surface area contributed by atoms with Gasteiger partial charge in [0.1, 0.15) is 0 Å². The van der Waals surface area contributed by atoms with Crippen molar-refractivity contribution >= 4 is 87.2 Å². The van der Waals surface area contributed by atoms with Gasteiger partial charge in [0.15, 0.2) is 0 Å². The molecule has 0 aliphatic heterocycles. The molecule has 4 aromatic heterocycles. The summed E-state index contributed by atoms with van der Waals surface area (Å²) in [6.45, 7) is 0. The van der Waals surface area contributed by atoms with Gasteiger partial charge >= 0.3 is 0 Å². The number of fused-ring (bicyclic) bond motifs is 12. The number of hydrogen-bond donors (Lipinski definition) is 0. The Balaban J connectivity index is 0.000000139. The van der Waals surface area contributed by atoms with E-state index in [0.717, 1.165) is 0 Å². The normalized spacial score (nSPS) is 11.6. The van der Waals surface area contributed by atoms with Gasteiger partial charge in [0.2, 0.25) is 0 Å². The van der Waals surface area contributed by atoms with Crippen LogP contribution in [-0.4, -0.2) is 18.3 Å². The van der Waals surface area contributed by atoms with Gasteiger partial charge in [0.05, 0.1) is 44.1 Å². The predicted molar refractivity (Wildman–Crippen MR) is 423 cm³/mol. The monoisotopic (exact) mass is 1270 g/mol. The van der Waals surface area contributed by atoms with E-state index in [1.165, 1.54) is 177 Å². The Morgan fingerprint density at radius 1 is 0.120 bits per heavy atom. The molecule has 20 aromatic rings. The van der Waals surface area contributed by atoms with Crippen molar-refractivity contribution in [2.45, 2.75) is 0 Å². The maximum atomic E-state index is 2.37. The topological polar surface area (TPSA) is 19.7 Å². The third-order valence-electron chi connectivity index (χ3n) is 20.3. The first-order valence-electron chi connectivity index (χ1n) is 34.4. The van der Waals surface area contributed by atoms with Crippen molar-refractivity contribution in [2.24, 2.45) is 0 Å². The maximum absolute atomic E-state index is 2.37. The highest BCUT2D eigenvalue weighted by Gasteiger charge is 2.20. The van der Waals surface area contributed by atoms with Crippen LogP contribution in [0.5, 0.6) is 0 Å². The molecule has 0 spiro atoms. The van der Waals surface area contributed by atoms with Crippen LogP contribution >= 0.6 is 0 Å². The van der Waals surface area contributed by atoms with Gasteiger partial charge in [0.25, 0.3) is 0 Å². The molecule has 16 aromatic carbocycles. The van der Waals surface area contributed by atoms with Crippen molar-refractivity contribution < 1.29 is 0 Å². The van der Waals surface area contributed by atoms with Crippen LogP contribution in [0.2, 0.25) is 0 Å². The minimum absolute atomic E-state index is 1.17. The van der Waals surface area contributed by atoms with Crippen LogP contribution in [0.4, 0.5) is 0 Å². The van der Waals surface area contributed by atoms with Crippen molar-refractivity contribution in [2.75, 3.05) is 0 Å². The summed E-state index contributed by atoms with van der Waals surface area (Å²) < 4.78 is 9.48. The van der Waals surface area contributed by atoms with Crippen LogP contribution < -0.4 is 0 Å². The summed E-state index contributed by atoms with van der Waals surface area (Å²) in [7, 11) is 0. The standard InChI is InChI=1S/2C48H32N2/c1-3-16-37(17-4-1)49-45-24-11-9-22-41(45)43-31-34(26-28-47(43)49)33-14-13-15-35(30-33)39-20-7-8-21-40(39)36-27-29-48-44(32-36)42-23-10-12-25-46(42)50(48)38-18-5-2-6-19-38;1-3-13-37(14-4-1)49-45-21-11-9-19-41(45)43-31-35(27-29-47(43)49)33-23-25-34(26-24-33)39-17-7-8-18-40(39)36-28-30-48-44(32-36)42-20-10-12-22-46(42)50(48)38-15-5-2-6-16-38/h2*1-32H. The van der Waals surface area contributed by atoms with Gasteiger partial charge in [-0.2, -0.15) is 0 Å². The van der Waals surface area contributed by atoms with Crippen LogP contribution in [0.3, 0.4) is 0 Å². The Morgan fingerprint density at radius 3 is 0.690 bits per heavy atom. The Hall–Kier alpha value is -13.3. The fourth-order valence-corrected chi connectivity index (χ4v) is 15.7. The molecule has 100 heavy (non-hydrogen) atoms. The molecule has 0 saturated carbocycles. The minimum Gasteiger partial charge on any atom is -0.309 e. The molecule has 0 bridgehead atoms. The molecule has 4 heteroatoms. The highest BCUT2D eigenvalue weighted by Crippen LogP contribution is 2.43. The van der Waals surface area contributed by atoms with Crippen LogP contribution in [0.25, 0.3) is 177 Å². The number of benzene rings is 16. The zero-order chi connectivity index (χ0) is 66.0. The number of nitrogens with zero attached hydrogens (tertiary/aromatic N) is 4. The van der Waals surface area contributed by atoms with Crippen LogP contribution in [0, 0.1) is 0 Å². The van der Waals surface area contributed by atoms with Crippen LogP contribution in [0.15, 0.2) is 388 Å². The third kappa shape index (κ3) is 9.92. The second-order valence-electron chi connectivity index (χ2n) is 25.9. The summed E-state index contributed by atoms with van der Waals surface area (Å²) in [5.41, 5.74) is 29.0. The van der Waals surface area contributed by atoms with E-state index in [0.29, 0.717) is 0 Å². The largest absolute Gasteiger partial charge is 0.309 e. The molecule has 4 nitrogen and oxygen atoms in total. The SMILES string of the molecule is c1ccc(-n2c3ccccc3c3cc(-c4ccc(-c5ccccc5-c5ccc6c(c5)c5ccccc5n6-c5ccccc5)cc4)ccc32)cc1.c1ccc(-n2c3ccccc3c3cc(-c4cccc(-c5ccccc5-c5ccc6c(c5)c5ccccc5n6-c5ccccc5)c4)ccc32)cc1. The second-order valence-corrected chi connectivity index (χ2v) is 25.9. The fraction of sp³-hybridized carbons (Fsp3) is 0. The van der Waals surface area contributed by atoms with Gasteiger partial charge in [-0.05, 0) is 194 Å². The summed E-state index contributed by atoms with van der Waals surface area (Å²) in [6, 6.07) is 141. The van der Waals surface area contributed by atoms with Crippen LogP contribution in [-0.2, 0) is 0 Å². The molecule has 468 valence electrons. The van der Waals surface area contributed by atoms with Gasteiger partial charge in [-0.1, -0.05) is 261 Å². The van der Waals surface area contributed by atoms with E-state index >= 15 is 0 Å². The molecule has 0 saturated heterocycles. The molecule has 0 fully saturated rings. The third-order valence-corrected chi connectivity index (χ3v) is 20.3. The van der Waals surface area contributed by atoms with E-state index in [4.69, 9.17) is 0 Å². The first-order valence-corrected chi connectivity index (χ1v) is 34.4. The van der Waals surface area contributed by atoms with E-state index in [9.17, 15) is 0 Å². The Labute approximate surface area is 579 Å². The molecule has 0 aliphatic carbocycles. The van der Waals surface area contributed by atoms with Gasteiger partial charge in [0, 0.05) is 65.8 Å². The molecule has 0 radical (unpaired) electrons. The lowest BCUT2D eigenvalue weighted by atomic mass is 9.92. The fourth-order valence-electron chi connectivity index (χ4n) is 15.7. The molecule has 0 amide bonds. The first kappa shape index (κ1) is 58.1.